The molecular weight excluding hydrogens is 356 g/mol. The summed E-state index contributed by atoms with van der Waals surface area (Å²) in [6.45, 7) is -0.771. The average Bonchev–Trinajstić information content (AvgIpc) is 2.52. The molecule has 142 valence electrons. The van der Waals surface area contributed by atoms with Crippen molar-refractivity contribution in [2.75, 3.05) is 19.6 Å². The number of carboxylic acid groups (broad SMARTS) is 2. The van der Waals surface area contributed by atoms with Crippen LogP contribution in [-0.2, 0) is 38.2 Å². The summed E-state index contributed by atoms with van der Waals surface area (Å²) in [4.78, 5) is 69.8. The van der Waals surface area contributed by atoms with Crippen LogP contribution in [0.25, 0.3) is 0 Å². The Balaban J connectivity index is 1.97. The van der Waals surface area contributed by atoms with Crippen LogP contribution < -0.4 is 5.32 Å². The number of carbonyl (C=O) groups is 6. The molecule has 2 saturated heterocycles. The van der Waals surface area contributed by atoms with Crippen molar-refractivity contribution < 1.29 is 48.5 Å². The molecule has 1 spiro atoms. The van der Waals surface area contributed by atoms with Gasteiger partial charge in [0.05, 0.1) is 0 Å². The van der Waals surface area contributed by atoms with Crippen LogP contribution in [0.5, 0.6) is 0 Å². The molecule has 2 fully saturated rings. The number of carboxylic acids is 2. The van der Waals surface area contributed by atoms with Crippen molar-refractivity contribution in [3.8, 4) is 0 Å². The molecule has 0 atom stereocenters. The zero-order valence-electron chi connectivity index (χ0n) is 13.4. The number of piperidine rings is 1. The van der Waals surface area contributed by atoms with E-state index in [2.05, 4.69) is 0 Å². The molecule has 2 heterocycles. The van der Waals surface area contributed by atoms with E-state index in [1.165, 1.54) is 4.90 Å². The third-order valence-electron chi connectivity index (χ3n) is 3.90. The number of rotatable bonds is 5. The van der Waals surface area contributed by atoms with Crippen LogP contribution in [0.4, 0.5) is 0 Å². The van der Waals surface area contributed by atoms with E-state index in [4.69, 9.17) is 19.7 Å². The van der Waals surface area contributed by atoms with Crippen LogP contribution in [0.1, 0.15) is 19.3 Å². The molecule has 2 aliphatic heterocycles. The van der Waals surface area contributed by atoms with Crippen LogP contribution in [0.3, 0.4) is 0 Å². The van der Waals surface area contributed by atoms with Crippen molar-refractivity contribution in [3.05, 3.63) is 0 Å². The van der Waals surface area contributed by atoms with Crippen molar-refractivity contribution in [2.24, 2.45) is 5.92 Å². The number of amides is 2. The predicted molar refractivity (Wildman–Crippen MR) is 77.1 cm³/mol. The van der Waals surface area contributed by atoms with Gasteiger partial charge in [-0.3, -0.25) is 28.8 Å². The van der Waals surface area contributed by atoms with Gasteiger partial charge in [0.1, 0.15) is 13.0 Å². The minimum absolute atomic E-state index is 0.00253. The molecule has 0 unspecified atom stereocenters. The maximum Gasteiger partial charge on any atom is 0.333 e. The van der Waals surface area contributed by atoms with Gasteiger partial charge < -0.3 is 29.9 Å². The molecule has 3 N–H and O–H groups in total. The quantitative estimate of drug-likeness (QED) is 0.351. The summed E-state index contributed by atoms with van der Waals surface area (Å²) in [7, 11) is 0. The number of hydrogen-bond donors (Lipinski definition) is 3. The van der Waals surface area contributed by atoms with E-state index < -0.39 is 60.4 Å². The lowest BCUT2D eigenvalue weighted by molar-refractivity contribution is -0.261. The molecule has 12 nitrogen and oxygen atoms in total. The van der Waals surface area contributed by atoms with Gasteiger partial charge in [-0.05, 0) is 0 Å². The molecular formula is C14H16N2O10. The van der Waals surface area contributed by atoms with Crippen LogP contribution >= 0.6 is 0 Å². The number of aliphatic carboxylic acids is 2. The SMILES string of the molecule is O=C(O)CNC(=O)C1C(=O)OC2(CCN(C(=O)CC(=O)O)CC2)OC1=O. The highest BCUT2D eigenvalue weighted by atomic mass is 16.7. The lowest BCUT2D eigenvalue weighted by Crippen LogP contribution is -2.58. The van der Waals surface area contributed by atoms with Crippen LogP contribution in [0.15, 0.2) is 0 Å². The molecule has 0 aromatic rings. The molecule has 12 heteroatoms. The molecule has 2 rings (SSSR count). The Morgan fingerprint density at radius 3 is 2.04 bits per heavy atom. The predicted octanol–water partition coefficient (Wildman–Crippen LogP) is -2.30. The Bertz CT molecular complexity index is 645. The van der Waals surface area contributed by atoms with Gasteiger partial charge in [0, 0.05) is 25.9 Å². The van der Waals surface area contributed by atoms with Gasteiger partial charge in [0.2, 0.25) is 17.7 Å². The topological polar surface area (TPSA) is 177 Å². The smallest absolute Gasteiger partial charge is 0.333 e. The number of esters is 2. The largest absolute Gasteiger partial charge is 0.481 e. The molecule has 2 amide bonds. The Morgan fingerprint density at radius 2 is 1.58 bits per heavy atom. The second kappa shape index (κ2) is 7.37. The number of nitrogens with one attached hydrogen (secondary N) is 1. The first kappa shape index (κ1) is 19.1. The summed E-state index contributed by atoms with van der Waals surface area (Å²) in [5.41, 5.74) is 0. The van der Waals surface area contributed by atoms with E-state index in [1.807, 2.05) is 5.32 Å². The Morgan fingerprint density at radius 1 is 1.04 bits per heavy atom. The van der Waals surface area contributed by atoms with Gasteiger partial charge in [0.15, 0.2) is 0 Å². The molecule has 26 heavy (non-hydrogen) atoms. The third-order valence-corrected chi connectivity index (χ3v) is 3.90. The lowest BCUT2D eigenvalue weighted by Gasteiger charge is -2.43. The number of nitrogens with zero attached hydrogens (tertiary/aromatic N) is 1. The summed E-state index contributed by atoms with van der Waals surface area (Å²) in [6, 6.07) is 0. The maximum atomic E-state index is 12.0. The third kappa shape index (κ3) is 4.26. The van der Waals surface area contributed by atoms with Crippen molar-refractivity contribution in [3.63, 3.8) is 0 Å². The normalized spacial score (nSPS) is 19.5. The first-order chi connectivity index (χ1) is 12.1. The van der Waals surface area contributed by atoms with Crippen molar-refractivity contribution in [1.29, 1.82) is 0 Å². The highest BCUT2D eigenvalue weighted by Gasteiger charge is 2.53. The van der Waals surface area contributed by atoms with Gasteiger partial charge in [-0.1, -0.05) is 0 Å². The summed E-state index contributed by atoms with van der Waals surface area (Å²) >= 11 is 0. The highest BCUT2D eigenvalue weighted by molar-refractivity contribution is 6.15. The van der Waals surface area contributed by atoms with E-state index in [-0.39, 0.29) is 25.9 Å². The van der Waals surface area contributed by atoms with E-state index in [1.54, 1.807) is 0 Å². The standard InChI is InChI=1S/C14H16N2O10/c17-7(5-8(18)19)16-3-1-14(2-4-16)25-12(23)10(13(24)26-14)11(22)15-6-9(20)21/h10H,1-6H2,(H,15,22)(H,18,19)(H,20,21). The second-order valence-corrected chi connectivity index (χ2v) is 5.75. The number of likely N-dealkylation sites (tertiary alicyclic amines) is 1. The highest BCUT2D eigenvalue weighted by Crippen LogP contribution is 2.33. The molecule has 0 saturated carbocycles. The Hall–Kier alpha value is -3.18. The lowest BCUT2D eigenvalue weighted by atomic mass is 9.99. The maximum absolute atomic E-state index is 12.0. The van der Waals surface area contributed by atoms with E-state index >= 15 is 0 Å². The van der Waals surface area contributed by atoms with Crippen molar-refractivity contribution in [2.45, 2.75) is 25.0 Å². The van der Waals surface area contributed by atoms with E-state index in [0.717, 1.165) is 0 Å². The fourth-order valence-corrected chi connectivity index (χ4v) is 2.62. The molecule has 0 radical (unpaired) electrons. The van der Waals surface area contributed by atoms with E-state index in [9.17, 15) is 28.8 Å². The monoisotopic (exact) mass is 372 g/mol. The first-order valence-electron chi connectivity index (χ1n) is 7.58. The van der Waals surface area contributed by atoms with Crippen molar-refractivity contribution in [1.82, 2.24) is 10.2 Å². The van der Waals surface area contributed by atoms with Crippen molar-refractivity contribution >= 4 is 35.7 Å². The number of hydrogen-bond acceptors (Lipinski definition) is 8. The number of carbonyl (C=O) groups excluding carboxylic acids is 4. The zero-order chi connectivity index (χ0) is 19.5. The van der Waals surface area contributed by atoms with Gasteiger partial charge in [-0.15, -0.1) is 0 Å². The van der Waals surface area contributed by atoms with Gasteiger partial charge in [-0.2, -0.15) is 0 Å². The second-order valence-electron chi connectivity index (χ2n) is 5.75. The zero-order valence-corrected chi connectivity index (χ0v) is 13.4. The van der Waals surface area contributed by atoms with Gasteiger partial charge in [0.25, 0.3) is 5.79 Å². The fourth-order valence-electron chi connectivity index (χ4n) is 2.62. The van der Waals surface area contributed by atoms with Gasteiger partial charge in [-0.25, -0.2) is 0 Å². The summed E-state index contributed by atoms with van der Waals surface area (Å²) in [5.74, 6) is -10.3. The first-order valence-corrected chi connectivity index (χ1v) is 7.58. The summed E-state index contributed by atoms with van der Waals surface area (Å²) in [5, 5.41) is 19.0. The Labute approximate surface area is 146 Å². The number of ether oxygens (including phenoxy) is 2. The van der Waals surface area contributed by atoms with Gasteiger partial charge >= 0.3 is 23.9 Å². The molecule has 0 aliphatic carbocycles. The molecule has 0 aromatic carbocycles. The summed E-state index contributed by atoms with van der Waals surface area (Å²) in [6.07, 6.45) is -0.822. The Kier molecular flexibility index (Phi) is 5.43. The fraction of sp³-hybridized carbons (Fsp3) is 0.571. The van der Waals surface area contributed by atoms with E-state index in [0.29, 0.717) is 0 Å². The molecule has 2 aliphatic rings. The molecule has 0 bridgehead atoms. The molecule has 0 aromatic heterocycles. The summed E-state index contributed by atoms with van der Waals surface area (Å²) < 4.78 is 10.2. The van der Waals surface area contributed by atoms with Crippen LogP contribution in [0, 0.1) is 5.92 Å². The minimum atomic E-state index is -1.92. The average molecular weight is 372 g/mol. The van der Waals surface area contributed by atoms with Crippen LogP contribution in [0.2, 0.25) is 0 Å². The van der Waals surface area contributed by atoms with Crippen LogP contribution in [-0.4, -0.2) is 76.2 Å². The minimum Gasteiger partial charge on any atom is -0.481 e.